The highest BCUT2D eigenvalue weighted by molar-refractivity contribution is 5.70. The number of hydrogen-bond donors (Lipinski definition) is 0. The standard InChI is InChI=1S/C13H16N2O/c1-2-11-10-12(3-4-13(11)14-5-1)15-6-8-16-9-7-15/h3-5,10H,1-2,6-9H2. The quantitative estimate of drug-likeness (QED) is 0.718. The molecule has 0 N–H and O–H groups in total. The van der Waals surface area contributed by atoms with Crippen LogP contribution in [0.2, 0.25) is 0 Å². The van der Waals surface area contributed by atoms with Crippen LogP contribution in [0.3, 0.4) is 0 Å². The van der Waals surface area contributed by atoms with E-state index in [9.17, 15) is 0 Å². The molecule has 16 heavy (non-hydrogen) atoms. The predicted octanol–water partition coefficient (Wildman–Crippen LogP) is 2.17. The summed E-state index contributed by atoms with van der Waals surface area (Å²) in [6.07, 6.45) is 4.20. The maximum atomic E-state index is 5.37. The molecular weight excluding hydrogens is 200 g/mol. The third-order valence-corrected chi connectivity index (χ3v) is 3.21. The number of aliphatic imine (C=N–C) groups is 1. The second-order valence-corrected chi connectivity index (χ2v) is 4.26. The fourth-order valence-electron chi connectivity index (χ4n) is 2.30. The lowest BCUT2D eigenvalue weighted by Gasteiger charge is -2.29. The summed E-state index contributed by atoms with van der Waals surface area (Å²) >= 11 is 0. The van der Waals surface area contributed by atoms with Gasteiger partial charge in [0.25, 0.3) is 0 Å². The van der Waals surface area contributed by atoms with Crippen LogP contribution in [0.25, 0.3) is 0 Å². The van der Waals surface area contributed by atoms with Crippen LogP contribution in [0.4, 0.5) is 11.4 Å². The zero-order chi connectivity index (χ0) is 10.8. The van der Waals surface area contributed by atoms with Crippen molar-refractivity contribution in [1.29, 1.82) is 0 Å². The number of fused-ring (bicyclic) bond motifs is 1. The minimum Gasteiger partial charge on any atom is -0.378 e. The fraction of sp³-hybridized carbons (Fsp3) is 0.462. The summed E-state index contributed by atoms with van der Waals surface area (Å²) in [4.78, 5) is 6.80. The summed E-state index contributed by atoms with van der Waals surface area (Å²) in [6.45, 7) is 3.69. The van der Waals surface area contributed by atoms with Gasteiger partial charge < -0.3 is 9.64 Å². The average molecular weight is 216 g/mol. The summed E-state index contributed by atoms with van der Waals surface area (Å²) in [5.74, 6) is 0. The van der Waals surface area contributed by atoms with Gasteiger partial charge >= 0.3 is 0 Å². The molecule has 2 aliphatic rings. The van der Waals surface area contributed by atoms with E-state index in [1.807, 2.05) is 6.21 Å². The summed E-state index contributed by atoms with van der Waals surface area (Å²) in [7, 11) is 0. The van der Waals surface area contributed by atoms with Crippen molar-refractivity contribution in [2.75, 3.05) is 31.2 Å². The Hall–Kier alpha value is -1.35. The molecule has 0 atom stereocenters. The molecule has 0 aliphatic carbocycles. The van der Waals surface area contributed by atoms with Crippen LogP contribution in [0.5, 0.6) is 0 Å². The highest BCUT2D eigenvalue weighted by atomic mass is 16.5. The van der Waals surface area contributed by atoms with Gasteiger partial charge in [-0.2, -0.15) is 0 Å². The smallest absolute Gasteiger partial charge is 0.0659 e. The summed E-state index contributed by atoms with van der Waals surface area (Å²) in [6, 6.07) is 6.60. The average Bonchev–Trinajstić information content (AvgIpc) is 2.39. The van der Waals surface area contributed by atoms with E-state index in [4.69, 9.17) is 4.74 Å². The van der Waals surface area contributed by atoms with Crippen LogP contribution < -0.4 is 4.90 Å². The summed E-state index contributed by atoms with van der Waals surface area (Å²) < 4.78 is 5.37. The second kappa shape index (κ2) is 4.26. The van der Waals surface area contributed by atoms with E-state index in [-0.39, 0.29) is 0 Å². The number of rotatable bonds is 1. The van der Waals surface area contributed by atoms with Gasteiger partial charge in [0.15, 0.2) is 0 Å². The maximum absolute atomic E-state index is 5.37. The third-order valence-electron chi connectivity index (χ3n) is 3.21. The Morgan fingerprint density at radius 3 is 2.94 bits per heavy atom. The number of nitrogens with zero attached hydrogens (tertiary/aromatic N) is 2. The number of anilines is 1. The van der Waals surface area contributed by atoms with E-state index >= 15 is 0 Å². The van der Waals surface area contributed by atoms with Crippen molar-refractivity contribution in [3.05, 3.63) is 23.8 Å². The molecule has 0 bridgehead atoms. The lowest BCUT2D eigenvalue weighted by Crippen LogP contribution is -2.36. The van der Waals surface area contributed by atoms with Crippen molar-refractivity contribution in [1.82, 2.24) is 0 Å². The largest absolute Gasteiger partial charge is 0.378 e. The SMILES string of the molecule is C1=Nc2ccc(N3CCOCC3)cc2CC1. The molecule has 2 heterocycles. The molecule has 3 rings (SSSR count). The molecule has 2 aliphatic heterocycles. The minimum atomic E-state index is 0.842. The van der Waals surface area contributed by atoms with Crippen molar-refractivity contribution in [3.63, 3.8) is 0 Å². The monoisotopic (exact) mass is 216 g/mol. The number of hydrogen-bond acceptors (Lipinski definition) is 3. The highest BCUT2D eigenvalue weighted by Gasteiger charge is 2.13. The van der Waals surface area contributed by atoms with Gasteiger partial charge in [0.05, 0.1) is 18.9 Å². The van der Waals surface area contributed by atoms with Gasteiger partial charge in [0, 0.05) is 25.0 Å². The van der Waals surface area contributed by atoms with Gasteiger partial charge in [-0.15, -0.1) is 0 Å². The van der Waals surface area contributed by atoms with E-state index in [2.05, 4.69) is 28.1 Å². The number of benzene rings is 1. The summed E-state index contributed by atoms with van der Waals surface area (Å²) in [5, 5.41) is 0. The molecule has 0 aromatic heterocycles. The lowest BCUT2D eigenvalue weighted by molar-refractivity contribution is 0.122. The molecule has 1 fully saturated rings. The minimum absolute atomic E-state index is 0.842. The van der Waals surface area contributed by atoms with Crippen molar-refractivity contribution in [3.8, 4) is 0 Å². The van der Waals surface area contributed by atoms with Gasteiger partial charge in [-0.25, -0.2) is 0 Å². The molecule has 0 saturated carbocycles. The van der Waals surface area contributed by atoms with E-state index in [1.165, 1.54) is 11.3 Å². The first-order chi connectivity index (χ1) is 7.93. The van der Waals surface area contributed by atoms with Crippen LogP contribution in [-0.2, 0) is 11.2 Å². The molecule has 1 aromatic carbocycles. The van der Waals surface area contributed by atoms with Crippen LogP contribution in [0, 0.1) is 0 Å². The number of ether oxygens (including phenoxy) is 1. The first kappa shape index (κ1) is 9.85. The number of aryl methyl sites for hydroxylation is 1. The zero-order valence-electron chi connectivity index (χ0n) is 9.35. The van der Waals surface area contributed by atoms with Gasteiger partial charge in [-0.3, -0.25) is 4.99 Å². The molecule has 84 valence electrons. The first-order valence-corrected chi connectivity index (χ1v) is 5.92. The Morgan fingerprint density at radius 2 is 2.06 bits per heavy atom. The Morgan fingerprint density at radius 1 is 1.19 bits per heavy atom. The molecule has 0 amide bonds. The molecule has 1 aromatic rings. The molecule has 0 spiro atoms. The van der Waals surface area contributed by atoms with E-state index in [1.54, 1.807) is 0 Å². The molecule has 0 radical (unpaired) electrons. The maximum Gasteiger partial charge on any atom is 0.0659 e. The summed E-state index contributed by atoms with van der Waals surface area (Å²) in [5.41, 5.74) is 3.84. The Labute approximate surface area is 95.7 Å². The Balaban J connectivity index is 1.87. The van der Waals surface area contributed by atoms with Crippen LogP contribution in [0.15, 0.2) is 23.2 Å². The second-order valence-electron chi connectivity index (χ2n) is 4.26. The normalized spacial score (nSPS) is 19.6. The van der Waals surface area contributed by atoms with Crippen molar-refractivity contribution < 1.29 is 4.74 Å². The van der Waals surface area contributed by atoms with Gasteiger partial charge in [-0.05, 0) is 36.6 Å². The molecule has 3 heteroatoms. The zero-order valence-corrected chi connectivity index (χ0v) is 9.35. The van der Waals surface area contributed by atoms with E-state index in [0.29, 0.717) is 0 Å². The van der Waals surface area contributed by atoms with E-state index < -0.39 is 0 Å². The van der Waals surface area contributed by atoms with Gasteiger partial charge in [-0.1, -0.05) is 0 Å². The highest BCUT2D eigenvalue weighted by Crippen LogP contribution is 2.28. The molecule has 3 nitrogen and oxygen atoms in total. The predicted molar refractivity (Wildman–Crippen MR) is 65.9 cm³/mol. The molecule has 1 saturated heterocycles. The fourth-order valence-corrected chi connectivity index (χ4v) is 2.30. The lowest BCUT2D eigenvalue weighted by atomic mass is 10.0. The van der Waals surface area contributed by atoms with Crippen molar-refractivity contribution in [2.45, 2.75) is 12.8 Å². The molecular formula is C13H16N2O. The van der Waals surface area contributed by atoms with E-state index in [0.717, 1.165) is 44.8 Å². The van der Waals surface area contributed by atoms with Crippen LogP contribution in [-0.4, -0.2) is 32.5 Å². The Bertz CT molecular complexity index is 408. The van der Waals surface area contributed by atoms with Gasteiger partial charge in [0.1, 0.15) is 0 Å². The third kappa shape index (κ3) is 1.83. The number of morpholine rings is 1. The molecule has 0 unspecified atom stereocenters. The van der Waals surface area contributed by atoms with Crippen molar-refractivity contribution in [2.24, 2.45) is 4.99 Å². The van der Waals surface area contributed by atoms with Gasteiger partial charge in [0.2, 0.25) is 0 Å². The van der Waals surface area contributed by atoms with Crippen LogP contribution in [0.1, 0.15) is 12.0 Å². The van der Waals surface area contributed by atoms with Crippen molar-refractivity contribution >= 4 is 17.6 Å². The van der Waals surface area contributed by atoms with Crippen LogP contribution >= 0.6 is 0 Å². The Kier molecular flexibility index (Phi) is 2.62. The first-order valence-electron chi connectivity index (χ1n) is 5.92. The topological polar surface area (TPSA) is 24.8 Å².